The fraction of sp³-hybridized carbons (Fsp3) is 0.190. The fourth-order valence-electron chi connectivity index (χ4n) is 3.03. The SMILES string of the molecule is O=C(CCN(CCc1ccccc1S)S(=O)(=O)c1ccc(S(=O)(=O)c2ccccc2)s1)NO. The smallest absolute Gasteiger partial charge is 0.252 e. The highest BCUT2D eigenvalue weighted by atomic mass is 32.3. The molecule has 1 amide bonds. The third kappa shape index (κ3) is 6.02. The first-order valence-corrected chi connectivity index (χ1v) is 13.9. The van der Waals surface area contributed by atoms with E-state index in [1.807, 2.05) is 18.2 Å². The van der Waals surface area contributed by atoms with Gasteiger partial charge in [0.05, 0.1) is 4.90 Å². The van der Waals surface area contributed by atoms with E-state index in [1.165, 1.54) is 29.7 Å². The van der Waals surface area contributed by atoms with Crippen molar-refractivity contribution < 1.29 is 26.8 Å². The molecule has 3 rings (SSSR count). The number of carbonyl (C=O) groups excluding carboxylic acids is 1. The molecule has 0 saturated carbocycles. The zero-order valence-electron chi connectivity index (χ0n) is 17.3. The standard InChI is InChI=1S/C21H22N2O6S4/c24-19(22-25)13-15-23(14-12-16-6-4-5-9-18(16)30)33(28,29)21-11-10-20(31-21)32(26,27)17-7-2-1-3-8-17/h1-11,25,30H,12-15H2,(H,22,24). The molecule has 2 aromatic carbocycles. The number of benzene rings is 2. The van der Waals surface area contributed by atoms with Gasteiger partial charge >= 0.3 is 0 Å². The Morgan fingerprint density at radius 1 is 0.909 bits per heavy atom. The van der Waals surface area contributed by atoms with Crippen LogP contribution < -0.4 is 5.48 Å². The Kier molecular flexibility index (Phi) is 8.32. The van der Waals surface area contributed by atoms with E-state index < -0.39 is 25.8 Å². The van der Waals surface area contributed by atoms with E-state index in [1.54, 1.807) is 24.3 Å². The van der Waals surface area contributed by atoms with Crippen LogP contribution in [0.1, 0.15) is 12.0 Å². The second kappa shape index (κ2) is 10.8. The van der Waals surface area contributed by atoms with Crippen molar-refractivity contribution in [3.8, 4) is 0 Å². The molecule has 1 heterocycles. The number of sulfone groups is 1. The number of sulfonamides is 1. The summed E-state index contributed by atoms with van der Waals surface area (Å²) in [6, 6.07) is 17.5. The minimum Gasteiger partial charge on any atom is -0.289 e. The lowest BCUT2D eigenvalue weighted by molar-refractivity contribution is -0.129. The molecule has 12 heteroatoms. The van der Waals surface area contributed by atoms with Gasteiger partial charge in [0.25, 0.3) is 10.0 Å². The van der Waals surface area contributed by atoms with E-state index in [4.69, 9.17) is 5.21 Å². The Morgan fingerprint density at radius 2 is 1.55 bits per heavy atom. The lowest BCUT2D eigenvalue weighted by Crippen LogP contribution is -2.36. The fourth-order valence-corrected chi connectivity index (χ4v) is 8.09. The van der Waals surface area contributed by atoms with Crippen LogP contribution in [-0.4, -0.2) is 45.3 Å². The number of carbonyl (C=O) groups is 1. The molecule has 3 aromatic rings. The minimum atomic E-state index is -4.11. The van der Waals surface area contributed by atoms with Gasteiger partial charge in [-0.15, -0.1) is 24.0 Å². The van der Waals surface area contributed by atoms with Crippen LogP contribution in [0.25, 0.3) is 0 Å². The Labute approximate surface area is 202 Å². The molecule has 0 spiro atoms. The lowest BCUT2D eigenvalue weighted by atomic mass is 10.1. The van der Waals surface area contributed by atoms with Gasteiger partial charge < -0.3 is 0 Å². The number of amides is 1. The second-order valence-corrected chi connectivity index (χ2v) is 12.9. The Hall–Kier alpha value is -2.22. The predicted molar refractivity (Wildman–Crippen MR) is 127 cm³/mol. The van der Waals surface area contributed by atoms with E-state index in [0.29, 0.717) is 22.7 Å². The van der Waals surface area contributed by atoms with Gasteiger partial charge in [-0.05, 0) is 42.3 Å². The topological polar surface area (TPSA) is 121 Å². The molecule has 0 atom stereocenters. The van der Waals surface area contributed by atoms with E-state index in [0.717, 1.165) is 9.87 Å². The first-order valence-electron chi connectivity index (χ1n) is 9.76. The van der Waals surface area contributed by atoms with Crippen LogP contribution >= 0.6 is 24.0 Å². The van der Waals surface area contributed by atoms with Crippen LogP contribution in [-0.2, 0) is 31.1 Å². The molecule has 1 aromatic heterocycles. The van der Waals surface area contributed by atoms with E-state index in [-0.39, 0.29) is 32.8 Å². The molecule has 2 N–H and O–H groups in total. The maximum atomic E-state index is 13.3. The summed E-state index contributed by atoms with van der Waals surface area (Å²) in [4.78, 5) is 12.3. The predicted octanol–water partition coefficient (Wildman–Crippen LogP) is 3.00. The summed E-state index contributed by atoms with van der Waals surface area (Å²) in [5.74, 6) is -0.733. The molecule has 0 unspecified atom stereocenters. The Morgan fingerprint density at radius 3 is 2.21 bits per heavy atom. The second-order valence-electron chi connectivity index (χ2n) is 6.96. The molecule has 0 aliphatic heterocycles. The third-order valence-corrected chi connectivity index (χ3v) is 11.0. The minimum absolute atomic E-state index is 0.0390. The number of nitrogens with zero attached hydrogens (tertiary/aromatic N) is 1. The molecule has 33 heavy (non-hydrogen) atoms. The van der Waals surface area contributed by atoms with Crippen LogP contribution in [0.4, 0.5) is 0 Å². The number of rotatable bonds is 10. The maximum absolute atomic E-state index is 13.3. The van der Waals surface area contributed by atoms with Crippen molar-refractivity contribution >= 4 is 49.7 Å². The summed E-state index contributed by atoms with van der Waals surface area (Å²) in [6.07, 6.45) is 0.0684. The highest BCUT2D eigenvalue weighted by Gasteiger charge is 2.29. The van der Waals surface area contributed by atoms with Gasteiger partial charge in [0.15, 0.2) is 0 Å². The largest absolute Gasteiger partial charge is 0.289 e. The van der Waals surface area contributed by atoms with Gasteiger partial charge in [0.2, 0.25) is 15.7 Å². The average Bonchev–Trinajstić information content (AvgIpc) is 3.32. The number of nitrogens with one attached hydrogen (secondary N) is 1. The van der Waals surface area contributed by atoms with E-state index in [2.05, 4.69) is 12.6 Å². The molecular weight excluding hydrogens is 505 g/mol. The molecule has 0 fully saturated rings. The number of thiol groups is 1. The van der Waals surface area contributed by atoms with E-state index in [9.17, 15) is 21.6 Å². The summed E-state index contributed by atoms with van der Waals surface area (Å²) in [6.45, 7) is -0.153. The van der Waals surface area contributed by atoms with Crippen LogP contribution in [0, 0.1) is 0 Å². The Balaban J connectivity index is 1.89. The molecule has 0 aliphatic carbocycles. The van der Waals surface area contributed by atoms with Crippen molar-refractivity contribution in [1.82, 2.24) is 9.79 Å². The number of hydrogen-bond acceptors (Lipinski definition) is 8. The van der Waals surface area contributed by atoms with Gasteiger partial charge in [-0.2, -0.15) is 4.31 Å². The van der Waals surface area contributed by atoms with Crippen LogP contribution in [0.15, 0.2) is 84.9 Å². The first kappa shape index (κ1) is 25.4. The van der Waals surface area contributed by atoms with Gasteiger partial charge in [-0.3, -0.25) is 10.0 Å². The number of hydrogen-bond donors (Lipinski definition) is 3. The van der Waals surface area contributed by atoms with Crippen LogP contribution in [0.2, 0.25) is 0 Å². The lowest BCUT2D eigenvalue weighted by Gasteiger charge is -2.21. The zero-order chi connectivity index (χ0) is 24.1. The first-order chi connectivity index (χ1) is 15.7. The Bertz CT molecular complexity index is 1320. The van der Waals surface area contributed by atoms with Crippen molar-refractivity contribution in [2.24, 2.45) is 0 Å². The van der Waals surface area contributed by atoms with Crippen molar-refractivity contribution in [3.05, 3.63) is 72.3 Å². The van der Waals surface area contributed by atoms with Gasteiger partial charge in [-0.1, -0.05) is 36.4 Å². The molecule has 0 bridgehead atoms. The van der Waals surface area contributed by atoms with Crippen molar-refractivity contribution in [1.29, 1.82) is 0 Å². The van der Waals surface area contributed by atoms with Gasteiger partial charge in [0, 0.05) is 24.4 Å². The molecule has 0 aliphatic rings. The summed E-state index contributed by atoms with van der Waals surface area (Å²) in [5.41, 5.74) is 2.31. The van der Waals surface area contributed by atoms with Crippen molar-refractivity contribution in [2.45, 2.75) is 31.1 Å². The van der Waals surface area contributed by atoms with Crippen molar-refractivity contribution in [2.75, 3.05) is 13.1 Å². The molecule has 0 saturated heterocycles. The van der Waals surface area contributed by atoms with Crippen LogP contribution in [0.5, 0.6) is 0 Å². The van der Waals surface area contributed by atoms with Crippen molar-refractivity contribution in [3.63, 3.8) is 0 Å². The van der Waals surface area contributed by atoms with Gasteiger partial charge in [-0.25, -0.2) is 22.3 Å². The molecule has 0 radical (unpaired) electrons. The normalized spacial score (nSPS) is 12.1. The van der Waals surface area contributed by atoms with Gasteiger partial charge in [0.1, 0.15) is 8.42 Å². The quantitative estimate of drug-likeness (QED) is 0.212. The third-order valence-electron chi connectivity index (χ3n) is 4.80. The zero-order valence-corrected chi connectivity index (χ0v) is 20.6. The molecule has 8 nitrogen and oxygen atoms in total. The highest BCUT2D eigenvalue weighted by molar-refractivity contribution is 7.95. The maximum Gasteiger partial charge on any atom is 0.252 e. The summed E-state index contributed by atoms with van der Waals surface area (Å²) in [5, 5.41) is 8.77. The monoisotopic (exact) mass is 526 g/mol. The molecular formula is C21H22N2O6S4. The number of hydroxylamine groups is 1. The highest BCUT2D eigenvalue weighted by Crippen LogP contribution is 2.32. The molecule has 176 valence electrons. The van der Waals surface area contributed by atoms with Crippen LogP contribution in [0.3, 0.4) is 0 Å². The van der Waals surface area contributed by atoms with E-state index >= 15 is 0 Å². The summed E-state index contributed by atoms with van der Waals surface area (Å²) in [7, 11) is -7.98. The average molecular weight is 527 g/mol. The summed E-state index contributed by atoms with van der Waals surface area (Å²) < 4.78 is 53.3. The number of thiophene rings is 1. The summed E-state index contributed by atoms with van der Waals surface area (Å²) >= 11 is 5.03.